The van der Waals surface area contributed by atoms with Crippen LogP contribution in [-0.2, 0) is 25.5 Å². The average Bonchev–Trinajstić information content (AvgIpc) is 2.85. The Morgan fingerprint density at radius 1 is 0.971 bits per heavy atom. The summed E-state index contributed by atoms with van der Waals surface area (Å²) in [5, 5.41) is 8.00. The number of anilines is 2. The number of rotatable bonds is 5. The van der Waals surface area contributed by atoms with Crippen LogP contribution in [0.25, 0.3) is 0 Å². The van der Waals surface area contributed by atoms with Gasteiger partial charge in [-0.2, -0.15) is 4.99 Å². The number of hydrogen-bond donors (Lipinski definition) is 3. The van der Waals surface area contributed by atoms with Gasteiger partial charge in [-0.15, -0.1) is 0 Å². The van der Waals surface area contributed by atoms with Gasteiger partial charge >= 0.3 is 6.09 Å². The number of aliphatic imine (C=N–C) groups is 1. The van der Waals surface area contributed by atoms with Crippen LogP contribution in [0.4, 0.5) is 16.2 Å². The van der Waals surface area contributed by atoms with Crippen LogP contribution in [0.3, 0.4) is 0 Å². The Morgan fingerprint density at radius 3 is 2.32 bits per heavy atom. The number of nitrogens with one attached hydrogen (secondary N) is 3. The Hall–Kier alpha value is -3.37. The van der Waals surface area contributed by atoms with Gasteiger partial charge in [-0.25, -0.2) is 4.79 Å². The van der Waals surface area contributed by atoms with Gasteiger partial charge in [0.2, 0.25) is 11.9 Å². The summed E-state index contributed by atoms with van der Waals surface area (Å²) < 4.78 is 17.6. The van der Waals surface area contributed by atoms with Gasteiger partial charge in [0.25, 0.3) is 5.91 Å². The van der Waals surface area contributed by atoms with Crippen molar-refractivity contribution in [2.24, 2.45) is 10.9 Å². The Morgan fingerprint density at radius 2 is 1.68 bits per heavy atom. The minimum absolute atomic E-state index is 0.119. The average molecular weight is 485 g/mol. The Kier molecular flexibility index (Phi) is 9.06. The molecule has 0 aliphatic heterocycles. The van der Waals surface area contributed by atoms with Crippen LogP contribution < -0.4 is 16.0 Å². The topological polar surface area (TPSA) is 132 Å². The van der Waals surface area contributed by atoms with Crippen molar-refractivity contribution in [2.45, 2.75) is 48.8 Å². The van der Waals surface area contributed by atoms with E-state index in [1.807, 2.05) is 6.07 Å². The number of amides is 3. The molecule has 0 heterocycles. The lowest BCUT2D eigenvalue weighted by atomic mass is 9.89. The van der Waals surface area contributed by atoms with Crippen molar-refractivity contribution >= 4 is 46.4 Å². The molecule has 10 heteroatoms. The number of ether oxygens (including phenoxy) is 1. The molecule has 0 saturated heterocycles. The highest BCUT2D eigenvalue weighted by atomic mass is 32.2. The standard InChI is InChI=1S/C24H28N4O5S/c1-16(29)25-21-15-19(34(32)18-11-7-4-8-12-18)13-14-20(21)26-23(28-24(31)33-2)27-22(30)17-9-5-3-6-10-17/h4,7-8,11-15,17H,3,5-6,9-10H2,1-2H3,(H,25,29)(H2,26,27,28,30,31). The number of carbonyl (C=O) groups excluding carboxylic acids is 3. The SMILES string of the molecule is COC(=O)N/C(=N/C(=O)C1CCCCC1)Nc1ccc([S+]([O-])c2ccccc2)cc1NC(C)=O. The fraction of sp³-hybridized carbons (Fsp3) is 0.333. The number of carbonyl (C=O) groups is 3. The molecule has 0 aromatic heterocycles. The Balaban J connectivity index is 1.90. The zero-order chi connectivity index (χ0) is 24.5. The van der Waals surface area contributed by atoms with Crippen molar-refractivity contribution in [1.29, 1.82) is 0 Å². The smallest absolute Gasteiger partial charge is 0.413 e. The number of nitrogens with zero attached hydrogens (tertiary/aromatic N) is 1. The van der Waals surface area contributed by atoms with E-state index in [0.717, 1.165) is 32.1 Å². The third-order valence-electron chi connectivity index (χ3n) is 5.31. The van der Waals surface area contributed by atoms with E-state index in [1.165, 1.54) is 14.0 Å². The van der Waals surface area contributed by atoms with E-state index in [2.05, 4.69) is 25.7 Å². The minimum atomic E-state index is -1.47. The van der Waals surface area contributed by atoms with E-state index in [-0.39, 0.29) is 23.7 Å². The highest BCUT2D eigenvalue weighted by Crippen LogP contribution is 2.29. The van der Waals surface area contributed by atoms with E-state index in [4.69, 9.17) is 0 Å². The molecule has 2 aromatic rings. The normalized spacial score (nSPS) is 15.2. The zero-order valence-electron chi connectivity index (χ0n) is 19.1. The van der Waals surface area contributed by atoms with E-state index in [9.17, 15) is 18.9 Å². The first-order valence-electron chi connectivity index (χ1n) is 11.0. The summed E-state index contributed by atoms with van der Waals surface area (Å²) in [6, 6.07) is 13.7. The van der Waals surface area contributed by atoms with Crippen LogP contribution in [0.2, 0.25) is 0 Å². The van der Waals surface area contributed by atoms with Gasteiger partial charge in [0, 0.05) is 30.1 Å². The maximum atomic E-state index is 13.0. The van der Waals surface area contributed by atoms with Gasteiger partial charge in [0.1, 0.15) is 0 Å². The molecule has 1 saturated carbocycles. The molecule has 0 radical (unpaired) electrons. The van der Waals surface area contributed by atoms with Crippen LogP contribution in [0, 0.1) is 5.92 Å². The van der Waals surface area contributed by atoms with Gasteiger partial charge in [-0.05, 0) is 37.1 Å². The summed E-state index contributed by atoms with van der Waals surface area (Å²) >= 11 is -1.47. The van der Waals surface area contributed by atoms with E-state index < -0.39 is 17.3 Å². The van der Waals surface area contributed by atoms with E-state index >= 15 is 0 Å². The molecule has 3 amide bonds. The maximum Gasteiger partial charge on any atom is 0.413 e. The van der Waals surface area contributed by atoms with Crippen molar-refractivity contribution in [1.82, 2.24) is 5.32 Å². The first kappa shape index (κ1) is 25.3. The van der Waals surface area contributed by atoms with Crippen LogP contribution in [0.15, 0.2) is 63.3 Å². The molecule has 34 heavy (non-hydrogen) atoms. The second kappa shape index (κ2) is 12.2. The molecule has 1 aliphatic rings. The van der Waals surface area contributed by atoms with E-state index in [1.54, 1.807) is 42.5 Å². The Labute approximate surface area is 201 Å². The molecule has 0 bridgehead atoms. The molecule has 3 rings (SSSR count). The molecule has 9 nitrogen and oxygen atoms in total. The van der Waals surface area contributed by atoms with Gasteiger partial charge in [-0.1, -0.05) is 37.5 Å². The summed E-state index contributed by atoms with van der Waals surface area (Å²) in [6.45, 7) is 1.35. The fourth-order valence-electron chi connectivity index (χ4n) is 3.63. The molecule has 2 aromatic carbocycles. The largest absolute Gasteiger partial charge is 0.606 e. The van der Waals surface area contributed by atoms with Crippen LogP contribution in [-0.4, -0.2) is 35.5 Å². The quantitative estimate of drug-likeness (QED) is 0.333. The highest BCUT2D eigenvalue weighted by molar-refractivity contribution is 7.91. The predicted molar refractivity (Wildman–Crippen MR) is 130 cm³/mol. The van der Waals surface area contributed by atoms with Crippen molar-refractivity contribution in [3.05, 3.63) is 48.5 Å². The van der Waals surface area contributed by atoms with Crippen molar-refractivity contribution < 1.29 is 23.7 Å². The lowest BCUT2D eigenvalue weighted by Crippen LogP contribution is -2.37. The third kappa shape index (κ3) is 7.06. The molecule has 3 N–H and O–H groups in total. The van der Waals surface area contributed by atoms with Gasteiger partial charge in [-0.3, -0.25) is 14.9 Å². The number of guanidine groups is 1. The number of methoxy groups -OCH3 is 1. The molecule has 1 fully saturated rings. The van der Waals surface area contributed by atoms with Gasteiger partial charge in [0.05, 0.1) is 18.5 Å². The molecule has 180 valence electrons. The summed E-state index contributed by atoms with van der Waals surface area (Å²) in [4.78, 5) is 41.6. The first-order chi connectivity index (χ1) is 16.4. The maximum absolute atomic E-state index is 13.0. The molecular formula is C24H28N4O5S. The summed E-state index contributed by atoms with van der Waals surface area (Å²) in [5.74, 6) is -0.994. The summed E-state index contributed by atoms with van der Waals surface area (Å²) in [5.41, 5.74) is 0.675. The lowest BCUT2D eigenvalue weighted by molar-refractivity contribution is -0.122. The molecule has 1 aliphatic carbocycles. The van der Waals surface area contributed by atoms with Crippen molar-refractivity contribution in [3.63, 3.8) is 0 Å². The number of hydrogen-bond acceptors (Lipinski definition) is 5. The van der Waals surface area contributed by atoms with Crippen LogP contribution in [0.1, 0.15) is 39.0 Å². The van der Waals surface area contributed by atoms with Crippen LogP contribution in [0.5, 0.6) is 0 Å². The number of alkyl carbamates (subject to hydrolysis) is 1. The predicted octanol–water partition coefficient (Wildman–Crippen LogP) is 4.04. The molecule has 1 atom stereocenters. The summed E-state index contributed by atoms with van der Waals surface area (Å²) in [6.07, 6.45) is 3.73. The zero-order valence-corrected chi connectivity index (χ0v) is 19.9. The van der Waals surface area contributed by atoms with Crippen molar-refractivity contribution in [3.8, 4) is 0 Å². The second-order valence-electron chi connectivity index (χ2n) is 7.85. The van der Waals surface area contributed by atoms with Gasteiger partial charge < -0.3 is 19.9 Å². The minimum Gasteiger partial charge on any atom is -0.606 e. The third-order valence-corrected chi connectivity index (χ3v) is 6.69. The summed E-state index contributed by atoms with van der Waals surface area (Å²) in [7, 11) is 1.20. The van der Waals surface area contributed by atoms with E-state index in [0.29, 0.717) is 21.2 Å². The second-order valence-corrected chi connectivity index (χ2v) is 9.33. The van der Waals surface area contributed by atoms with Crippen molar-refractivity contribution in [2.75, 3.05) is 17.7 Å². The lowest BCUT2D eigenvalue weighted by Gasteiger charge is -2.19. The Bertz CT molecular complexity index is 1050. The van der Waals surface area contributed by atoms with Gasteiger partial charge in [0.15, 0.2) is 9.79 Å². The monoisotopic (exact) mass is 484 g/mol. The fourth-order valence-corrected chi connectivity index (χ4v) is 4.73. The molecule has 1 unspecified atom stereocenters. The van der Waals surface area contributed by atoms with Crippen LogP contribution >= 0.6 is 0 Å². The number of benzene rings is 2. The highest BCUT2D eigenvalue weighted by Gasteiger charge is 2.23. The molecular weight excluding hydrogens is 456 g/mol. The first-order valence-corrected chi connectivity index (χ1v) is 12.2. The molecule has 0 spiro atoms.